The van der Waals surface area contributed by atoms with Gasteiger partial charge in [-0.1, -0.05) is 67.6 Å². The van der Waals surface area contributed by atoms with Crippen molar-refractivity contribution in [3.8, 4) is 0 Å². The molecule has 4 rings (SSSR count). The van der Waals surface area contributed by atoms with Crippen LogP contribution in [0.15, 0.2) is 48.5 Å². The van der Waals surface area contributed by atoms with Crippen LogP contribution in [0.4, 0.5) is 0 Å². The second kappa shape index (κ2) is 10.6. The highest BCUT2D eigenvalue weighted by Crippen LogP contribution is 2.23. The van der Waals surface area contributed by atoms with Gasteiger partial charge in [-0.05, 0) is 50.3 Å². The molecule has 1 fully saturated rings. The van der Waals surface area contributed by atoms with Gasteiger partial charge in [0.05, 0.1) is 11.0 Å². The van der Waals surface area contributed by atoms with Crippen molar-refractivity contribution in [1.29, 1.82) is 0 Å². The summed E-state index contributed by atoms with van der Waals surface area (Å²) in [6, 6.07) is 17.2. The van der Waals surface area contributed by atoms with Crippen molar-refractivity contribution in [3.05, 3.63) is 65.5 Å². The van der Waals surface area contributed by atoms with Crippen molar-refractivity contribution >= 4 is 16.9 Å². The van der Waals surface area contributed by atoms with Crippen LogP contribution in [0.25, 0.3) is 11.0 Å². The van der Waals surface area contributed by atoms with Crippen LogP contribution in [-0.2, 0) is 17.8 Å². The number of amides is 1. The van der Waals surface area contributed by atoms with Gasteiger partial charge in [-0.15, -0.1) is 0 Å². The fraction of sp³-hybridized carbons (Fsp3) is 0.481. The molecule has 1 saturated carbocycles. The number of carbonyl (C=O) groups excluding carboxylic acids is 1. The normalized spacial score (nSPS) is 14.7. The summed E-state index contributed by atoms with van der Waals surface area (Å²) in [4.78, 5) is 17.2. The van der Waals surface area contributed by atoms with Crippen LogP contribution in [-0.4, -0.2) is 22.0 Å². The number of hydrogen-bond acceptors (Lipinski definition) is 2. The zero-order valence-electron chi connectivity index (χ0n) is 18.8. The van der Waals surface area contributed by atoms with E-state index < -0.39 is 0 Å². The third kappa shape index (κ3) is 5.75. The van der Waals surface area contributed by atoms with Crippen molar-refractivity contribution in [3.63, 3.8) is 0 Å². The van der Waals surface area contributed by atoms with Crippen LogP contribution in [0.1, 0.15) is 68.3 Å². The molecular weight excluding hydrogens is 382 g/mol. The molecular formula is C27H35N3O. The summed E-state index contributed by atoms with van der Waals surface area (Å²) in [5.41, 5.74) is 4.87. The molecule has 0 aliphatic heterocycles. The lowest BCUT2D eigenvalue weighted by Gasteiger charge is -2.20. The predicted molar refractivity (Wildman–Crippen MR) is 127 cm³/mol. The summed E-state index contributed by atoms with van der Waals surface area (Å²) in [5.74, 6) is 1.70. The molecule has 0 spiro atoms. The number of imidazole rings is 1. The number of fused-ring (bicyclic) bond motifs is 1. The molecule has 0 bridgehead atoms. The van der Waals surface area contributed by atoms with Crippen LogP contribution in [0.2, 0.25) is 0 Å². The minimum absolute atomic E-state index is 0.260. The van der Waals surface area contributed by atoms with Gasteiger partial charge in [-0.2, -0.15) is 0 Å². The number of rotatable bonds is 9. The number of hydrogen-bond donors (Lipinski definition) is 1. The Labute approximate surface area is 186 Å². The molecule has 164 valence electrons. The lowest BCUT2D eigenvalue weighted by Crippen LogP contribution is -2.32. The Kier molecular flexibility index (Phi) is 7.39. The number of para-hydroxylation sites is 2. The summed E-state index contributed by atoms with van der Waals surface area (Å²) in [5, 5.41) is 3.16. The quantitative estimate of drug-likeness (QED) is 0.447. The summed E-state index contributed by atoms with van der Waals surface area (Å²) in [6.07, 6.45) is 10.1. The van der Waals surface area contributed by atoms with Gasteiger partial charge in [0.1, 0.15) is 5.82 Å². The highest BCUT2D eigenvalue weighted by molar-refractivity contribution is 5.78. The van der Waals surface area contributed by atoms with Crippen molar-refractivity contribution < 1.29 is 4.79 Å². The Morgan fingerprint density at radius 1 is 1.00 bits per heavy atom. The maximum absolute atomic E-state index is 12.3. The Morgan fingerprint density at radius 2 is 1.77 bits per heavy atom. The topological polar surface area (TPSA) is 46.9 Å². The van der Waals surface area contributed by atoms with Gasteiger partial charge in [-0.25, -0.2) is 4.98 Å². The van der Waals surface area contributed by atoms with Gasteiger partial charge in [0.2, 0.25) is 5.91 Å². The van der Waals surface area contributed by atoms with Gasteiger partial charge in [0, 0.05) is 25.4 Å². The van der Waals surface area contributed by atoms with Crippen LogP contribution >= 0.6 is 0 Å². The molecule has 1 aliphatic rings. The number of unbranched alkanes of at least 4 members (excludes halogenated alkanes) is 2. The van der Waals surface area contributed by atoms with Gasteiger partial charge >= 0.3 is 0 Å². The Hall–Kier alpha value is -2.62. The molecule has 0 radical (unpaired) electrons. The largest absolute Gasteiger partial charge is 0.356 e. The minimum atomic E-state index is 0.260. The van der Waals surface area contributed by atoms with Crippen molar-refractivity contribution in [2.45, 2.75) is 71.3 Å². The Balaban J connectivity index is 1.30. The summed E-state index contributed by atoms with van der Waals surface area (Å²) >= 11 is 0. The van der Waals surface area contributed by atoms with Crippen molar-refractivity contribution in [2.75, 3.05) is 6.54 Å². The molecule has 4 nitrogen and oxygen atoms in total. The van der Waals surface area contributed by atoms with Gasteiger partial charge in [0.25, 0.3) is 0 Å². The Morgan fingerprint density at radius 3 is 2.58 bits per heavy atom. The van der Waals surface area contributed by atoms with Crippen molar-refractivity contribution in [1.82, 2.24) is 14.9 Å². The second-order valence-electron chi connectivity index (χ2n) is 9.03. The Bertz CT molecular complexity index is 983. The summed E-state index contributed by atoms with van der Waals surface area (Å²) in [7, 11) is 0. The SMILES string of the molecule is Cc1ccc(Cn2c(CCCCCNC(=O)C3CCCCC3)nc3ccccc32)cc1. The number of carbonyl (C=O) groups is 1. The van der Waals surface area contributed by atoms with E-state index in [4.69, 9.17) is 4.98 Å². The fourth-order valence-electron chi connectivity index (χ4n) is 4.67. The first-order chi connectivity index (χ1) is 15.2. The molecule has 1 aliphatic carbocycles. The highest BCUT2D eigenvalue weighted by atomic mass is 16.1. The van der Waals surface area contributed by atoms with Gasteiger partial charge < -0.3 is 9.88 Å². The highest BCUT2D eigenvalue weighted by Gasteiger charge is 2.20. The number of benzene rings is 2. The zero-order valence-corrected chi connectivity index (χ0v) is 18.8. The van der Waals surface area contributed by atoms with E-state index in [0.717, 1.165) is 63.0 Å². The van der Waals surface area contributed by atoms with Crippen LogP contribution in [0.3, 0.4) is 0 Å². The molecule has 31 heavy (non-hydrogen) atoms. The molecule has 3 aromatic rings. The minimum Gasteiger partial charge on any atom is -0.356 e. The third-order valence-corrected chi connectivity index (χ3v) is 6.55. The van der Waals surface area contributed by atoms with E-state index in [1.54, 1.807) is 0 Å². The van der Waals surface area contributed by atoms with E-state index in [0.29, 0.717) is 0 Å². The molecule has 1 N–H and O–H groups in total. The van der Waals surface area contributed by atoms with E-state index >= 15 is 0 Å². The second-order valence-corrected chi connectivity index (χ2v) is 9.03. The molecule has 2 aromatic carbocycles. The summed E-state index contributed by atoms with van der Waals surface area (Å²) < 4.78 is 2.37. The van der Waals surface area contributed by atoms with Crippen LogP contribution in [0.5, 0.6) is 0 Å². The predicted octanol–water partition coefficient (Wildman–Crippen LogP) is 5.80. The zero-order chi connectivity index (χ0) is 21.5. The summed E-state index contributed by atoms with van der Waals surface area (Å²) in [6.45, 7) is 3.78. The van der Waals surface area contributed by atoms with E-state index in [9.17, 15) is 4.79 Å². The molecule has 1 heterocycles. The molecule has 0 atom stereocenters. The number of aryl methyl sites for hydroxylation is 2. The van der Waals surface area contributed by atoms with E-state index in [-0.39, 0.29) is 11.8 Å². The van der Waals surface area contributed by atoms with E-state index in [2.05, 4.69) is 65.3 Å². The maximum atomic E-state index is 12.3. The van der Waals surface area contributed by atoms with Crippen molar-refractivity contribution in [2.24, 2.45) is 5.92 Å². The number of aromatic nitrogens is 2. The molecule has 0 unspecified atom stereocenters. The van der Waals surface area contributed by atoms with Gasteiger partial charge in [-0.3, -0.25) is 4.79 Å². The average Bonchev–Trinajstić information content (AvgIpc) is 3.15. The first-order valence-corrected chi connectivity index (χ1v) is 12.0. The smallest absolute Gasteiger partial charge is 0.223 e. The maximum Gasteiger partial charge on any atom is 0.223 e. The molecule has 4 heteroatoms. The van der Waals surface area contributed by atoms with E-state index in [1.165, 1.54) is 35.9 Å². The van der Waals surface area contributed by atoms with Crippen LogP contribution in [0, 0.1) is 12.8 Å². The lowest BCUT2D eigenvalue weighted by molar-refractivity contribution is -0.125. The monoisotopic (exact) mass is 417 g/mol. The third-order valence-electron chi connectivity index (χ3n) is 6.55. The standard InChI is InChI=1S/C27H35N3O/c1-21-15-17-22(18-16-21)20-30-25-13-8-7-12-24(25)29-26(30)14-6-3-9-19-28-27(31)23-10-4-2-5-11-23/h7-8,12-13,15-18,23H,2-6,9-11,14,19-20H2,1H3,(H,28,31). The van der Waals surface area contributed by atoms with E-state index in [1.807, 2.05) is 0 Å². The first kappa shape index (κ1) is 21.6. The average molecular weight is 418 g/mol. The van der Waals surface area contributed by atoms with Crippen LogP contribution < -0.4 is 5.32 Å². The van der Waals surface area contributed by atoms with Gasteiger partial charge in [0.15, 0.2) is 0 Å². The number of nitrogens with zero attached hydrogens (tertiary/aromatic N) is 2. The molecule has 1 amide bonds. The molecule has 1 aromatic heterocycles. The fourth-order valence-corrected chi connectivity index (χ4v) is 4.67. The number of nitrogens with one attached hydrogen (secondary N) is 1. The lowest BCUT2D eigenvalue weighted by atomic mass is 9.89. The molecule has 0 saturated heterocycles. The first-order valence-electron chi connectivity index (χ1n) is 12.0.